The Kier molecular flexibility index (Phi) is 4.16. The predicted molar refractivity (Wildman–Crippen MR) is 65.8 cm³/mol. The minimum Gasteiger partial charge on any atom is -0.480 e. The molecule has 0 fully saturated rings. The molecule has 0 aliphatic carbocycles. The predicted octanol–water partition coefficient (Wildman–Crippen LogP) is 0.230. The molecule has 0 spiro atoms. The van der Waals surface area contributed by atoms with Gasteiger partial charge in [-0.15, -0.1) is 0 Å². The van der Waals surface area contributed by atoms with Crippen molar-refractivity contribution in [3.8, 4) is 0 Å². The van der Waals surface area contributed by atoms with E-state index in [1.807, 2.05) is 0 Å². The highest BCUT2D eigenvalue weighted by molar-refractivity contribution is 7.93. The zero-order valence-corrected chi connectivity index (χ0v) is 11.3. The first-order valence-electron chi connectivity index (χ1n) is 4.88. The highest BCUT2D eigenvalue weighted by atomic mass is 35.5. The van der Waals surface area contributed by atoms with E-state index in [9.17, 15) is 18.0 Å². The minimum absolute atomic E-state index is 0.124. The number of carboxylic acids is 2. The van der Waals surface area contributed by atoms with Crippen molar-refractivity contribution in [1.29, 1.82) is 0 Å². The topological polar surface area (TPSA) is 122 Å². The molecule has 0 aliphatic heterocycles. The van der Waals surface area contributed by atoms with E-state index in [1.165, 1.54) is 12.1 Å². The SMILES string of the molecule is CS(=O)(=O)C(Cc1ccc(Cl)nc1)(C(=O)O)C(=O)O. The van der Waals surface area contributed by atoms with Gasteiger partial charge in [0, 0.05) is 18.9 Å². The Morgan fingerprint density at radius 1 is 1.32 bits per heavy atom. The number of aliphatic carboxylic acids is 2. The number of nitrogens with zero attached hydrogens (tertiary/aromatic N) is 1. The van der Waals surface area contributed by atoms with E-state index >= 15 is 0 Å². The summed E-state index contributed by atoms with van der Waals surface area (Å²) in [5.74, 6) is -3.89. The molecule has 0 radical (unpaired) electrons. The maximum Gasteiger partial charge on any atom is 0.337 e. The molecule has 104 valence electrons. The first-order chi connectivity index (χ1) is 8.61. The van der Waals surface area contributed by atoms with Gasteiger partial charge in [0.05, 0.1) is 0 Å². The van der Waals surface area contributed by atoms with Crippen molar-refractivity contribution in [3.05, 3.63) is 29.0 Å². The van der Waals surface area contributed by atoms with E-state index in [4.69, 9.17) is 21.8 Å². The second-order valence-corrected chi connectivity index (χ2v) is 6.50. The van der Waals surface area contributed by atoms with Crippen molar-refractivity contribution in [2.75, 3.05) is 6.26 Å². The molecule has 0 bridgehead atoms. The molecule has 19 heavy (non-hydrogen) atoms. The van der Waals surface area contributed by atoms with E-state index in [0.717, 1.165) is 6.20 Å². The zero-order valence-electron chi connectivity index (χ0n) is 9.70. The Bertz CT molecular complexity index is 595. The summed E-state index contributed by atoms with van der Waals surface area (Å²) < 4.78 is 20.3. The normalized spacial score (nSPS) is 12.1. The summed E-state index contributed by atoms with van der Waals surface area (Å²) >= 11 is 5.54. The number of hydrogen-bond donors (Lipinski definition) is 2. The van der Waals surface area contributed by atoms with Crippen LogP contribution in [0, 0.1) is 0 Å². The summed E-state index contributed by atoms with van der Waals surface area (Å²) in [7, 11) is -4.39. The molecule has 0 saturated heterocycles. The van der Waals surface area contributed by atoms with Gasteiger partial charge in [-0.1, -0.05) is 17.7 Å². The molecule has 0 aromatic carbocycles. The molecule has 7 nitrogen and oxygen atoms in total. The van der Waals surface area contributed by atoms with Crippen molar-refractivity contribution in [2.24, 2.45) is 0 Å². The van der Waals surface area contributed by atoms with Gasteiger partial charge in [-0.25, -0.2) is 23.0 Å². The van der Waals surface area contributed by atoms with Gasteiger partial charge in [0.2, 0.25) is 0 Å². The summed E-state index contributed by atoms with van der Waals surface area (Å²) in [6, 6.07) is 2.63. The third-order valence-electron chi connectivity index (χ3n) is 2.57. The van der Waals surface area contributed by atoms with Gasteiger partial charge in [0.25, 0.3) is 4.75 Å². The molecular weight excluding hydrogens is 298 g/mol. The second kappa shape index (κ2) is 5.14. The molecule has 0 aliphatic rings. The molecule has 0 saturated carbocycles. The lowest BCUT2D eigenvalue weighted by molar-refractivity contribution is -0.152. The van der Waals surface area contributed by atoms with Crippen LogP contribution in [0.5, 0.6) is 0 Å². The standard InChI is InChI=1S/C10H10ClNO6S/c1-19(17,18)10(8(13)14,9(15)16)4-6-2-3-7(11)12-5-6/h2-3,5H,4H2,1H3,(H,13,14)(H,15,16). The van der Waals surface area contributed by atoms with Gasteiger partial charge in [-0.05, 0) is 11.6 Å². The Morgan fingerprint density at radius 3 is 2.16 bits per heavy atom. The molecule has 1 aromatic rings. The maximum atomic E-state index is 11.6. The lowest BCUT2D eigenvalue weighted by Crippen LogP contribution is -2.54. The van der Waals surface area contributed by atoms with E-state index in [-0.39, 0.29) is 10.7 Å². The van der Waals surface area contributed by atoms with E-state index in [1.54, 1.807) is 0 Å². The van der Waals surface area contributed by atoms with Crippen LogP contribution in [-0.4, -0.2) is 46.6 Å². The van der Waals surface area contributed by atoms with Crippen LogP contribution < -0.4 is 0 Å². The molecule has 1 rings (SSSR count). The summed E-state index contributed by atoms with van der Waals surface area (Å²) in [5.41, 5.74) is 0.139. The van der Waals surface area contributed by atoms with Crippen molar-refractivity contribution in [3.63, 3.8) is 0 Å². The van der Waals surface area contributed by atoms with Gasteiger partial charge >= 0.3 is 11.9 Å². The lowest BCUT2D eigenvalue weighted by atomic mass is 10.00. The highest BCUT2D eigenvalue weighted by Crippen LogP contribution is 2.24. The molecule has 1 heterocycles. The number of pyridine rings is 1. The lowest BCUT2D eigenvalue weighted by Gasteiger charge is -2.22. The first kappa shape index (κ1) is 15.4. The molecule has 0 unspecified atom stereocenters. The van der Waals surface area contributed by atoms with Crippen molar-refractivity contribution >= 4 is 33.4 Å². The van der Waals surface area contributed by atoms with Crippen molar-refractivity contribution < 1.29 is 28.2 Å². The van der Waals surface area contributed by atoms with Crippen LogP contribution in [0.2, 0.25) is 5.15 Å². The third kappa shape index (κ3) is 2.85. The average Bonchev–Trinajstić information content (AvgIpc) is 2.25. The van der Waals surface area contributed by atoms with Crippen LogP contribution in [0.15, 0.2) is 18.3 Å². The zero-order chi connectivity index (χ0) is 14.8. The fourth-order valence-electron chi connectivity index (χ4n) is 1.49. The molecular formula is C10H10ClNO6S. The second-order valence-electron chi connectivity index (χ2n) is 3.88. The fourth-order valence-corrected chi connectivity index (χ4v) is 2.66. The molecule has 2 N–H and O–H groups in total. The highest BCUT2D eigenvalue weighted by Gasteiger charge is 2.56. The van der Waals surface area contributed by atoms with Crippen LogP contribution in [0.4, 0.5) is 0 Å². The Labute approximate surface area is 113 Å². The van der Waals surface area contributed by atoms with Crippen LogP contribution in [0.25, 0.3) is 0 Å². The summed E-state index contributed by atoms with van der Waals surface area (Å²) in [6.07, 6.45) is 0.966. The van der Waals surface area contributed by atoms with E-state index in [0.29, 0.717) is 6.26 Å². The van der Waals surface area contributed by atoms with Gasteiger partial charge in [0.15, 0.2) is 9.84 Å². The van der Waals surface area contributed by atoms with Crippen LogP contribution >= 0.6 is 11.6 Å². The number of rotatable bonds is 5. The summed E-state index contributed by atoms with van der Waals surface area (Å²) in [5, 5.41) is 18.2. The number of sulfone groups is 1. The Hall–Kier alpha value is -1.67. The monoisotopic (exact) mass is 307 g/mol. The first-order valence-corrected chi connectivity index (χ1v) is 7.15. The number of hydrogen-bond acceptors (Lipinski definition) is 5. The van der Waals surface area contributed by atoms with Crippen LogP contribution in [-0.2, 0) is 25.8 Å². The third-order valence-corrected chi connectivity index (χ3v) is 4.55. The molecule has 1 aromatic heterocycles. The molecule has 0 amide bonds. The largest absolute Gasteiger partial charge is 0.480 e. The summed E-state index contributed by atoms with van der Waals surface area (Å²) in [4.78, 5) is 26.0. The minimum atomic E-state index is -4.39. The van der Waals surface area contributed by atoms with Crippen LogP contribution in [0.1, 0.15) is 5.56 Å². The smallest absolute Gasteiger partial charge is 0.337 e. The summed E-state index contributed by atoms with van der Waals surface area (Å²) in [6.45, 7) is 0. The Balaban J connectivity index is 3.38. The number of aromatic nitrogens is 1. The Morgan fingerprint density at radius 2 is 1.84 bits per heavy atom. The molecule has 9 heteroatoms. The van der Waals surface area contributed by atoms with Crippen molar-refractivity contribution in [1.82, 2.24) is 4.98 Å². The molecule has 0 atom stereocenters. The number of halogens is 1. The van der Waals surface area contributed by atoms with E-state index in [2.05, 4.69) is 4.98 Å². The van der Waals surface area contributed by atoms with Crippen molar-refractivity contribution in [2.45, 2.75) is 11.2 Å². The number of carboxylic acid groups (broad SMARTS) is 2. The van der Waals surface area contributed by atoms with Crippen LogP contribution in [0.3, 0.4) is 0 Å². The van der Waals surface area contributed by atoms with Gasteiger partial charge in [-0.3, -0.25) is 0 Å². The quantitative estimate of drug-likeness (QED) is 0.589. The fraction of sp³-hybridized carbons (Fsp3) is 0.300. The maximum absolute atomic E-state index is 11.6. The van der Waals surface area contributed by atoms with Gasteiger partial charge < -0.3 is 10.2 Å². The van der Waals surface area contributed by atoms with Gasteiger partial charge in [0.1, 0.15) is 5.15 Å². The average molecular weight is 308 g/mol. The van der Waals surface area contributed by atoms with Gasteiger partial charge in [-0.2, -0.15) is 0 Å². The number of carbonyl (C=O) groups is 2. The van der Waals surface area contributed by atoms with E-state index < -0.39 is 32.9 Å².